The van der Waals surface area contributed by atoms with Crippen LogP contribution in [0.3, 0.4) is 0 Å². The SMILES string of the molecule is Nc1ncc(-c2nc3c(s2)CNCC3)nc1-c1nnnn1-c1cccc(F)c1F. The molecule has 4 aromatic rings. The van der Waals surface area contributed by atoms with Crippen molar-refractivity contribution < 1.29 is 8.78 Å². The summed E-state index contributed by atoms with van der Waals surface area (Å²) in [7, 11) is 0. The average Bonchev–Trinajstić information content (AvgIpc) is 3.37. The van der Waals surface area contributed by atoms with Gasteiger partial charge in [-0.2, -0.15) is 4.68 Å². The Morgan fingerprint density at radius 2 is 2.10 bits per heavy atom. The number of tetrazole rings is 1. The highest BCUT2D eigenvalue weighted by molar-refractivity contribution is 7.15. The average molecular weight is 413 g/mol. The number of anilines is 1. The number of nitrogens with zero attached hydrogens (tertiary/aromatic N) is 7. The van der Waals surface area contributed by atoms with Gasteiger partial charge in [-0.3, -0.25) is 0 Å². The fraction of sp³-hybridized carbons (Fsp3) is 0.176. The molecule has 1 aromatic carbocycles. The zero-order chi connectivity index (χ0) is 20.0. The molecule has 146 valence electrons. The Morgan fingerprint density at radius 3 is 2.97 bits per heavy atom. The maximum Gasteiger partial charge on any atom is 0.209 e. The van der Waals surface area contributed by atoms with Crippen LogP contribution in [-0.2, 0) is 13.0 Å². The predicted molar refractivity (Wildman–Crippen MR) is 101 cm³/mol. The molecule has 0 spiro atoms. The molecule has 3 aromatic heterocycles. The molecule has 0 amide bonds. The van der Waals surface area contributed by atoms with Crippen LogP contribution in [0, 0.1) is 11.6 Å². The molecule has 0 radical (unpaired) electrons. The number of thiazole rings is 1. The Labute approximate surface area is 166 Å². The molecule has 0 atom stereocenters. The number of nitrogens with one attached hydrogen (secondary N) is 1. The first-order valence-corrected chi connectivity index (χ1v) is 9.49. The number of fused-ring (bicyclic) bond motifs is 1. The smallest absolute Gasteiger partial charge is 0.209 e. The van der Waals surface area contributed by atoms with Crippen LogP contribution >= 0.6 is 11.3 Å². The van der Waals surface area contributed by atoms with Gasteiger partial charge in [0.1, 0.15) is 16.4 Å². The minimum Gasteiger partial charge on any atom is -0.382 e. The molecule has 3 N–H and O–H groups in total. The normalized spacial score (nSPS) is 13.4. The summed E-state index contributed by atoms with van der Waals surface area (Å²) in [4.78, 5) is 14.5. The largest absolute Gasteiger partial charge is 0.382 e. The Kier molecular flexibility index (Phi) is 4.21. The molecule has 0 unspecified atom stereocenters. The van der Waals surface area contributed by atoms with Gasteiger partial charge in [-0.25, -0.2) is 23.7 Å². The van der Waals surface area contributed by atoms with Crippen molar-refractivity contribution >= 4 is 17.2 Å². The van der Waals surface area contributed by atoms with Crippen LogP contribution < -0.4 is 11.1 Å². The van der Waals surface area contributed by atoms with E-state index >= 15 is 0 Å². The fourth-order valence-corrected chi connectivity index (χ4v) is 4.09. The third-order valence-electron chi connectivity index (χ3n) is 4.46. The maximum absolute atomic E-state index is 14.3. The van der Waals surface area contributed by atoms with Gasteiger partial charge in [0.05, 0.1) is 11.9 Å². The number of halogens is 2. The number of aromatic nitrogens is 7. The summed E-state index contributed by atoms with van der Waals surface area (Å²) >= 11 is 1.52. The monoisotopic (exact) mass is 413 g/mol. The minimum atomic E-state index is -1.08. The first-order valence-electron chi connectivity index (χ1n) is 8.67. The van der Waals surface area contributed by atoms with Crippen LogP contribution in [0.5, 0.6) is 0 Å². The summed E-state index contributed by atoms with van der Waals surface area (Å²) in [6, 6.07) is 3.73. The minimum absolute atomic E-state index is 0.0457. The summed E-state index contributed by atoms with van der Waals surface area (Å²) in [5.74, 6) is -1.99. The van der Waals surface area contributed by atoms with Crippen molar-refractivity contribution in [3.05, 3.63) is 46.6 Å². The lowest BCUT2D eigenvalue weighted by Gasteiger charge is -2.09. The van der Waals surface area contributed by atoms with Crippen molar-refractivity contribution in [1.29, 1.82) is 0 Å². The van der Waals surface area contributed by atoms with Gasteiger partial charge in [0, 0.05) is 24.4 Å². The molecule has 1 aliphatic heterocycles. The summed E-state index contributed by atoms with van der Waals surface area (Å²) < 4.78 is 29.0. The third kappa shape index (κ3) is 3.02. The van der Waals surface area contributed by atoms with E-state index in [-0.39, 0.29) is 23.0 Å². The van der Waals surface area contributed by atoms with Gasteiger partial charge in [0.2, 0.25) is 5.82 Å². The van der Waals surface area contributed by atoms with Crippen molar-refractivity contribution in [2.24, 2.45) is 0 Å². The molecule has 0 bridgehead atoms. The second kappa shape index (κ2) is 6.90. The molecule has 29 heavy (non-hydrogen) atoms. The van der Waals surface area contributed by atoms with Crippen molar-refractivity contribution in [2.75, 3.05) is 12.3 Å². The molecule has 0 saturated heterocycles. The summed E-state index contributed by atoms with van der Waals surface area (Å²) in [5.41, 5.74) is 7.53. The molecule has 4 heterocycles. The van der Waals surface area contributed by atoms with Gasteiger partial charge in [-0.1, -0.05) is 6.07 Å². The van der Waals surface area contributed by atoms with Crippen LogP contribution in [0.4, 0.5) is 14.6 Å². The number of benzene rings is 1. The first kappa shape index (κ1) is 17.7. The number of nitrogen functional groups attached to an aromatic ring is 1. The van der Waals surface area contributed by atoms with E-state index in [0.29, 0.717) is 10.7 Å². The lowest BCUT2D eigenvalue weighted by molar-refractivity contribution is 0.501. The first-order chi connectivity index (χ1) is 14.1. The third-order valence-corrected chi connectivity index (χ3v) is 5.58. The zero-order valence-corrected chi connectivity index (χ0v) is 15.6. The van der Waals surface area contributed by atoms with Gasteiger partial charge < -0.3 is 11.1 Å². The van der Waals surface area contributed by atoms with Crippen LogP contribution in [-0.4, -0.2) is 41.7 Å². The van der Waals surface area contributed by atoms with E-state index in [9.17, 15) is 8.78 Å². The van der Waals surface area contributed by atoms with Gasteiger partial charge in [0.15, 0.2) is 23.1 Å². The van der Waals surface area contributed by atoms with Gasteiger partial charge in [-0.05, 0) is 22.6 Å². The Morgan fingerprint density at radius 1 is 1.21 bits per heavy atom. The second-order valence-electron chi connectivity index (χ2n) is 6.29. The second-order valence-corrected chi connectivity index (χ2v) is 7.38. The van der Waals surface area contributed by atoms with Crippen LogP contribution in [0.15, 0.2) is 24.4 Å². The molecule has 0 saturated carbocycles. The van der Waals surface area contributed by atoms with E-state index in [1.165, 1.54) is 29.7 Å². The molecule has 0 fully saturated rings. The van der Waals surface area contributed by atoms with Crippen molar-refractivity contribution in [2.45, 2.75) is 13.0 Å². The molecule has 12 heteroatoms. The predicted octanol–water partition coefficient (Wildman–Crippen LogP) is 1.75. The van der Waals surface area contributed by atoms with Crippen LogP contribution in [0.2, 0.25) is 0 Å². The van der Waals surface area contributed by atoms with Gasteiger partial charge >= 0.3 is 0 Å². The highest BCUT2D eigenvalue weighted by Gasteiger charge is 2.22. The Hall–Kier alpha value is -3.38. The summed E-state index contributed by atoms with van der Waals surface area (Å²) in [6.45, 7) is 1.64. The Bertz CT molecular complexity index is 1200. The van der Waals surface area contributed by atoms with E-state index in [1.807, 2.05) is 0 Å². The summed E-state index contributed by atoms with van der Waals surface area (Å²) in [6.07, 6.45) is 2.37. The van der Waals surface area contributed by atoms with Crippen LogP contribution in [0.25, 0.3) is 27.9 Å². The number of rotatable bonds is 3. The highest BCUT2D eigenvalue weighted by atomic mass is 32.1. The van der Waals surface area contributed by atoms with Crippen LogP contribution in [0.1, 0.15) is 10.6 Å². The zero-order valence-electron chi connectivity index (χ0n) is 14.8. The Balaban J connectivity index is 1.61. The van der Waals surface area contributed by atoms with E-state index < -0.39 is 11.6 Å². The molecular weight excluding hydrogens is 400 g/mol. The van der Waals surface area contributed by atoms with Crippen molar-refractivity contribution in [3.63, 3.8) is 0 Å². The van der Waals surface area contributed by atoms with Crippen molar-refractivity contribution in [3.8, 4) is 27.9 Å². The summed E-state index contributed by atoms with van der Waals surface area (Å²) in [5, 5.41) is 15.2. The lowest BCUT2D eigenvalue weighted by atomic mass is 10.2. The molecule has 0 aliphatic carbocycles. The van der Waals surface area contributed by atoms with E-state index in [0.717, 1.165) is 40.8 Å². The number of hydrogen-bond acceptors (Lipinski definition) is 9. The number of nitrogens with two attached hydrogens (primary N) is 1. The van der Waals surface area contributed by atoms with Gasteiger partial charge in [0.25, 0.3) is 0 Å². The van der Waals surface area contributed by atoms with Crippen molar-refractivity contribution in [1.82, 2.24) is 40.5 Å². The topological polar surface area (TPSA) is 120 Å². The fourth-order valence-electron chi connectivity index (χ4n) is 3.05. The lowest BCUT2D eigenvalue weighted by Crippen LogP contribution is -2.22. The molecule has 1 aliphatic rings. The number of hydrogen-bond donors (Lipinski definition) is 2. The quantitative estimate of drug-likeness (QED) is 0.521. The molecule has 9 nitrogen and oxygen atoms in total. The van der Waals surface area contributed by atoms with E-state index in [4.69, 9.17) is 5.73 Å². The van der Waals surface area contributed by atoms with Gasteiger partial charge in [-0.15, -0.1) is 16.4 Å². The maximum atomic E-state index is 14.3. The standard InChI is InChI=1S/C17H13F2N9S/c18-8-2-1-3-11(13(8)19)28-16(25-26-27-28)14-15(20)22-6-10(23-14)17-24-9-4-5-21-7-12(9)29-17/h1-3,6,21H,4-5,7H2,(H2,20,22). The van der Waals surface area contributed by atoms with E-state index in [2.05, 4.69) is 35.8 Å². The molecule has 5 rings (SSSR count). The van der Waals surface area contributed by atoms with E-state index in [1.54, 1.807) is 0 Å². The highest BCUT2D eigenvalue weighted by Crippen LogP contribution is 2.31. The molecular formula is C17H13F2N9S.